The summed E-state index contributed by atoms with van der Waals surface area (Å²) in [6.07, 6.45) is 4.18. The van der Waals surface area contributed by atoms with E-state index in [0.717, 1.165) is 23.3 Å². The van der Waals surface area contributed by atoms with Crippen LogP contribution in [0.1, 0.15) is 30.0 Å². The number of anilines is 1. The van der Waals surface area contributed by atoms with E-state index in [1.54, 1.807) is 54.9 Å². The smallest absolute Gasteiger partial charge is 0.278 e. The van der Waals surface area contributed by atoms with E-state index < -0.39 is 0 Å². The van der Waals surface area contributed by atoms with Crippen LogP contribution in [0, 0.1) is 6.92 Å². The topological polar surface area (TPSA) is 71.5 Å². The lowest BCUT2D eigenvalue weighted by Crippen LogP contribution is -2.32. The van der Waals surface area contributed by atoms with Gasteiger partial charge in [-0.1, -0.05) is 30.7 Å². The molecule has 0 saturated heterocycles. The summed E-state index contributed by atoms with van der Waals surface area (Å²) in [7, 11) is 0. The molecule has 7 heteroatoms. The molecule has 0 atom stereocenters. The first-order valence-corrected chi connectivity index (χ1v) is 11.1. The fourth-order valence-electron chi connectivity index (χ4n) is 3.61. The number of benzene rings is 2. The van der Waals surface area contributed by atoms with Gasteiger partial charge in [0.25, 0.3) is 11.8 Å². The molecular weight excluding hydrogens is 438 g/mol. The predicted molar refractivity (Wildman–Crippen MR) is 129 cm³/mol. The summed E-state index contributed by atoms with van der Waals surface area (Å²) in [4.78, 5) is 32.1. The molecule has 2 aromatic carbocycles. The number of nitrogens with one attached hydrogen (secondary N) is 1. The number of hydrogen-bond donors (Lipinski definition) is 1. The lowest BCUT2D eigenvalue weighted by atomic mass is 10.0. The van der Waals surface area contributed by atoms with Crippen LogP contribution < -0.4 is 10.1 Å². The van der Waals surface area contributed by atoms with Gasteiger partial charge in [0, 0.05) is 23.1 Å². The van der Waals surface area contributed by atoms with Crippen molar-refractivity contribution in [2.75, 3.05) is 11.9 Å². The highest BCUT2D eigenvalue weighted by atomic mass is 35.5. The van der Waals surface area contributed by atoms with Crippen LogP contribution in [-0.4, -0.2) is 28.3 Å². The van der Waals surface area contributed by atoms with Crippen LogP contribution in [0.15, 0.2) is 72.7 Å². The molecule has 6 nitrogen and oxygen atoms in total. The van der Waals surface area contributed by atoms with E-state index in [9.17, 15) is 9.59 Å². The zero-order valence-electron chi connectivity index (χ0n) is 18.5. The number of ether oxygens (including phenoxy) is 1. The quantitative estimate of drug-likeness (QED) is 0.465. The van der Waals surface area contributed by atoms with Crippen LogP contribution in [0.2, 0.25) is 5.02 Å². The molecule has 0 bridgehead atoms. The number of amides is 2. The maximum atomic E-state index is 13.5. The number of rotatable bonds is 8. The number of imide groups is 1. The number of carbonyl (C=O) groups is 2. The highest BCUT2D eigenvalue weighted by Gasteiger charge is 2.39. The molecule has 1 N–H and O–H groups in total. The summed E-state index contributed by atoms with van der Waals surface area (Å²) < 4.78 is 5.66. The number of aryl methyl sites for hydroxylation is 1. The Morgan fingerprint density at radius 2 is 1.73 bits per heavy atom. The molecule has 0 saturated carbocycles. The van der Waals surface area contributed by atoms with Crippen molar-refractivity contribution in [3.05, 3.63) is 94.4 Å². The third-order valence-electron chi connectivity index (χ3n) is 5.32. The number of aromatic nitrogens is 1. The van der Waals surface area contributed by atoms with E-state index in [2.05, 4.69) is 10.3 Å². The van der Waals surface area contributed by atoms with E-state index in [0.29, 0.717) is 28.5 Å². The molecule has 1 aliphatic rings. The molecule has 1 aromatic heterocycles. The summed E-state index contributed by atoms with van der Waals surface area (Å²) in [6.45, 7) is 4.70. The van der Waals surface area contributed by atoms with Crippen molar-refractivity contribution >= 4 is 34.7 Å². The molecule has 0 radical (unpaired) electrons. The average molecular weight is 462 g/mol. The Morgan fingerprint density at radius 3 is 2.39 bits per heavy atom. The molecule has 2 heterocycles. The summed E-state index contributed by atoms with van der Waals surface area (Å²) in [5, 5.41) is 3.80. The zero-order valence-corrected chi connectivity index (χ0v) is 19.2. The molecule has 33 heavy (non-hydrogen) atoms. The fourth-order valence-corrected chi connectivity index (χ4v) is 3.84. The molecule has 3 aromatic rings. The lowest BCUT2D eigenvalue weighted by Gasteiger charge is -2.15. The van der Waals surface area contributed by atoms with E-state index >= 15 is 0 Å². The second-order valence-corrected chi connectivity index (χ2v) is 8.20. The Hall–Kier alpha value is -3.64. The highest BCUT2D eigenvalue weighted by molar-refractivity contribution is 6.36. The van der Waals surface area contributed by atoms with E-state index in [-0.39, 0.29) is 24.1 Å². The molecule has 0 unspecified atom stereocenters. The van der Waals surface area contributed by atoms with Crippen molar-refractivity contribution in [2.24, 2.45) is 0 Å². The number of halogens is 1. The van der Waals surface area contributed by atoms with Gasteiger partial charge in [-0.15, -0.1) is 0 Å². The van der Waals surface area contributed by atoms with Gasteiger partial charge in [0.05, 0.1) is 18.7 Å². The largest absolute Gasteiger partial charge is 0.494 e. The van der Waals surface area contributed by atoms with Crippen molar-refractivity contribution in [2.45, 2.75) is 26.8 Å². The molecule has 0 fully saturated rings. The van der Waals surface area contributed by atoms with Gasteiger partial charge >= 0.3 is 0 Å². The van der Waals surface area contributed by atoms with Gasteiger partial charge in [0.1, 0.15) is 11.4 Å². The van der Waals surface area contributed by atoms with Crippen molar-refractivity contribution in [1.29, 1.82) is 0 Å². The van der Waals surface area contributed by atoms with Crippen LogP contribution in [0.3, 0.4) is 0 Å². The SMILES string of the molecule is CCCOc1ccc(C2=C(Nc3ccc(Cl)cc3C)C(=O)N(Cc3ccncc3)C2=O)cc1. The Balaban J connectivity index is 1.72. The maximum absolute atomic E-state index is 13.5. The Labute approximate surface area is 197 Å². The minimum atomic E-state index is -0.382. The normalized spacial score (nSPS) is 13.6. The Kier molecular flexibility index (Phi) is 6.75. The van der Waals surface area contributed by atoms with Gasteiger partial charge in [-0.25, -0.2) is 0 Å². The summed E-state index contributed by atoms with van der Waals surface area (Å²) in [5.41, 5.74) is 3.60. The monoisotopic (exact) mass is 461 g/mol. The minimum absolute atomic E-state index is 0.159. The second-order valence-electron chi connectivity index (χ2n) is 7.76. The van der Waals surface area contributed by atoms with E-state index in [1.807, 2.05) is 26.0 Å². The van der Waals surface area contributed by atoms with Gasteiger partial charge in [0.2, 0.25) is 0 Å². The maximum Gasteiger partial charge on any atom is 0.278 e. The van der Waals surface area contributed by atoms with Crippen molar-refractivity contribution in [3.8, 4) is 5.75 Å². The molecule has 0 spiro atoms. The van der Waals surface area contributed by atoms with E-state index in [4.69, 9.17) is 16.3 Å². The molecule has 1 aliphatic heterocycles. The number of carbonyl (C=O) groups excluding carboxylic acids is 2. The number of nitrogens with zero attached hydrogens (tertiary/aromatic N) is 2. The first kappa shape index (κ1) is 22.6. The van der Waals surface area contributed by atoms with Crippen molar-refractivity contribution < 1.29 is 14.3 Å². The van der Waals surface area contributed by atoms with Crippen LogP contribution in [-0.2, 0) is 16.1 Å². The standard InChI is InChI=1S/C26H24ClN3O3/c1-3-14-33-21-7-4-19(5-8-21)23-24(29-22-9-6-20(27)15-17(22)2)26(32)30(25(23)31)16-18-10-12-28-13-11-18/h4-13,15,29H,3,14,16H2,1-2H3. The van der Waals surface area contributed by atoms with E-state index in [1.165, 1.54) is 4.90 Å². The minimum Gasteiger partial charge on any atom is -0.494 e. The molecule has 2 amide bonds. The predicted octanol–water partition coefficient (Wildman–Crippen LogP) is 5.22. The summed E-state index contributed by atoms with van der Waals surface area (Å²) in [5.74, 6) is -0.0182. The van der Waals surface area contributed by atoms with Gasteiger partial charge in [-0.3, -0.25) is 19.5 Å². The van der Waals surface area contributed by atoms with Gasteiger partial charge in [0.15, 0.2) is 0 Å². The Bertz CT molecular complexity index is 1210. The van der Waals surface area contributed by atoms with Gasteiger partial charge in [-0.05, 0) is 72.5 Å². The van der Waals surface area contributed by atoms with Crippen LogP contribution >= 0.6 is 11.6 Å². The Morgan fingerprint density at radius 1 is 1.00 bits per heavy atom. The fraction of sp³-hybridized carbons (Fsp3) is 0.192. The lowest BCUT2D eigenvalue weighted by molar-refractivity contribution is -0.137. The first-order valence-electron chi connectivity index (χ1n) is 10.7. The number of pyridine rings is 1. The van der Waals surface area contributed by atoms with Crippen LogP contribution in [0.5, 0.6) is 5.75 Å². The van der Waals surface area contributed by atoms with Gasteiger partial charge in [-0.2, -0.15) is 0 Å². The molecule has 0 aliphatic carbocycles. The third-order valence-corrected chi connectivity index (χ3v) is 5.56. The summed E-state index contributed by atoms with van der Waals surface area (Å²) in [6, 6.07) is 16.2. The van der Waals surface area contributed by atoms with Crippen LogP contribution in [0.4, 0.5) is 5.69 Å². The van der Waals surface area contributed by atoms with Crippen molar-refractivity contribution in [3.63, 3.8) is 0 Å². The highest BCUT2D eigenvalue weighted by Crippen LogP contribution is 2.33. The number of hydrogen-bond acceptors (Lipinski definition) is 5. The summed E-state index contributed by atoms with van der Waals surface area (Å²) >= 11 is 6.09. The third kappa shape index (κ3) is 4.91. The van der Waals surface area contributed by atoms with Gasteiger partial charge < -0.3 is 10.1 Å². The first-order chi connectivity index (χ1) is 16.0. The molecule has 168 valence electrons. The van der Waals surface area contributed by atoms with Crippen molar-refractivity contribution in [1.82, 2.24) is 9.88 Å². The average Bonchev–Trinajstić information content (AvgIpc) is 3.04. The second kappa shape index (κ2) is 9.88. The van der Waals surface area contributed by atoms with Crippen LogP contribution in [0.25, 0.3) is 5.57 Å². The zero-order chi connectivity index (χ0) is 23.4. The molecule has 4 rings (SSSR count). The molecular formula is C26H24ClN3O3.